The van der Waals surface area contributed by atoms with Crippen LogP contribution in [0.1, 0.15) is 53.5 Å². The van der Waals surface area contributed by atoms with E-state index in [0.29, 0.717) is 22.9 Å². The number of halogens is 1. The van der Waals surface area contributed by atoms with E-state index in [4.69, 9.17) is 11.6 Å². The van der Waals surface area contributed by atoms with Crippen molar-refractivity contribution < 1.29 is 4.79 Å². The van der Waals surface area contributed by atoms with Gasteiger partial charge in [0, 0.05) is 43.6 Å². The van der Waals surface area contributed by atoms with E-state index in [2.05, 4.69) is 29.2 Å². The Labute approximate surface area is 159 Å². The maximum absolute atomic E-state index is 12.6. The zero-order valence-corrected chi connectivity index (χ0v) is 16.4. The van der Waals surface area contributed by atoms with Gasteiger partial charge >= 0.3 is 0 Å². The van der Waals surface area contributed by atoms with E-state index >= 15 is 0 Å². The van der Waals surface area contributed by atoms with Crippen LogP contribution in [0.4, 0.5) is 5.82 Å². The number of amides is 1. The van der Waals surface area contributed by atoms with E-state index in [1.165, 1.54) is 6.42 Å². The molecule has 1 aliphatic rings. The van der Waals surface area contributed by atoms with Crippen molar-refractivity contribution in [2.24, 2.45) is 0 Å². The lowest BCUT2D eigenvalue weighted by atomic mass is 10.1. The minimum absolute atomic E-state index is 0.0153. The fourth-order valence-corrected chi connectivity index (χ4v) is 3.67. The van der Waals surface area contributed by atoms with Crippen LogP contribution in [-0.2, 0) is 13.1 Å². The molecule has 2 aromatic heterocycles. The number of rotatable bonds is 5. The Morgan fingerprint density at radius 3 is 2.62 bits per heavy atom. The summed E-state index contributed by atoms with van der Waals surface area (Å²) in [5.74, 6) is 0.603. The second-order valence-corrected chi connectivity index (χ2v) is 7.13. The third-order valence-electron chi connectivity index (χ3n) is 4.99. The number of pyridine rings is 1. The van der Waals surface area contributed by atoms with Crippen LogP contribution in [-0.4, -0.2) is 38.7 Å². The lowest BCUT2D eigenvalue weighted by Gasteiger charge is -2.26. The summed E-state index contributed by atoms with van der Waals surface area (Å²) >= 11 is 6.37. The first kappa shape index (κ1) is 18.7. The molecule has 0 bridgehead atoms. The van der Waals surface area contributed by atoms with E-state index in [1.54, 1.807) is 12.3 Å². The molecule has 1 N–H and O–H groups in total. The van der Waals surface area contributed by atoms with Crippen LogP contribution in [0.25, 0.3) is 0 Å². The van der Waals surface area contributed by atoms with Crippen LogP contribution in [0.2, 0.25) is 5.02 Å². The maximum Gasteiger partial charge on any atom is 0.255 e. The van der Waals surface area contributed by atoms with Gasteiger partial charge in [0.1, 0.15) is 5.82 Å². The molecule has 1 aliphatic heterocycles. The van der Waals surface area contributed by atoms with E-state index in [9.17, 15) is 4.79 Å². The molecule has 1 amide bonds. The fraction of sp³-hybridized carbons (Fsp3) is 0.526. The zero-order chi connectivity index (χ0) is 18.7. The van der Waals surface area contributed by atoms with Crippen molar-refractivity contribution in [1.29, 1.82) is 0 Å². The van der Waals surface area contributed by atoms with Gasteiger partial charge in [-0.05, 0) is 46.1 Å². The van der Waals surface area contributed by atoms with Crippen LogP contribution in [0.5, 0.6) is 0 Å². The Bertz CT molecular complexity index is 795. The maximum atomic E-state index is 12.6. The molecule has 2 aromatic rings. The van der Waals surface area contributed by atoms with Crippen molar-refractivity contribution in [2.45, 2.75) is 53.1 Å². The SMILES string of the molecule is CCn1nc(C)c(CNc2ncc(C(=O)N3CCCCC3)cc2Cl)c1C. The molecular weight excluding hydrogens is 350 g/mol. The van der Waals surface area contributed by atoms with Gasteiger partial charge in [0.25, 0.3) is 5.91 Å². The third kappa shape index (κ3) is 3.85. The van der Waals surface area contributed by atoms with Crippen LogP contribution in [0.15, 0.2) is 12.3 Å². The standard InChI is InChI=1S/C19H26ClN5O/c1-4-25-14(3)16(13(2)23-25)12-22-18-17(20)10-15(11-21-18)19(26)24-8-6-5-7-9-24/h10-11H,4-9,12H2,1-3H3,(H,21,22). The number of anilines is 1. The lowest BCUT2D eigenvalue weighted by molar-refractivity contribution is 0.0724. The van der Waals surface area contributed by atoms with Gasteiger partial charge in [0.2, 0.25) is 0 Å². The van der Waals surface area contributed by atoms with Crippen molar-refractivity contribution in [3.05, 3.63) is 39.8 Å². The lowest BCUT2D eigenvalue weighted by Crippen LogP contribution is -2.35. The third-order valence-corrected chi connectivity index (χ3v) is 5.28. The molecule has 0 radical (unpaired) electrons. The smallest absolute Gasteiger partial charge is 0.255 e. The first-order chi connectivity index (χ1) is 12.5. The molecular formula is C19H26ClN5O. The van der Waals surface area contributed by atoms with E-state index in [-0.39, 0.29) is 5.91 Å². The summed E-state index contributed by atoms with van der Waals surface area (Å²) in [6.07, 6.45) is 4.94. The molecule has 0 spiro atoms. The van der Waals surface area contributed by atoms with Crippen LogP contribution < -0.4 is 5.32 Å². The van der Waals surface area contributed by atoms with Crippen molar-refractivity contribution in [3.63, 3.8) is 0 Å². The van der Waals surface area contributed by atoms with Gasteiger partial charge in [-0.3, -0.25) is 9.48 Å². The molecule has 0 saturated carbocycles. The summed E-state index contributed by atoms with van der Waals surface area (Å²) in [4.78, 5) is 18.8. The molecule has 1 fully saturated rings. The fourth-order valence-electron chi connectivity index (χ4n) is 3.43. The molecule has 3 heterocycles. The molecule has 1 saturated heterocycles. The van der Waals surface area contributed by atoms with Crippen molar-refractivity contribution in [1.82, 2.24) is 19.7 Å². The molecule has 0 aliphatic carbocycles. The zero-order valence-electron chi connectivity index (χ0n) is 15.7. The van der Waals surface area contributed by atoms with Gasteiger partial charge in [0.15, 0.2) is 0 Å². The number of piperidine rings is 1. The predicted octanol–water partition coefficient (Wildman–Crippen LogP) is 3.81. The number of hydrogen-bond donors (Lipinski definition) is 1. The first-order valence-electron chi connectivity index (χ1n) is 9.22. The summed E-state index contributed by atoms with van der Waals surface area (Å²) in [7, 11) is 0. The van der Waals surface area contributed by atoms with Gasteiger partial charge in [-0.25, -0.2) is 4.98 Å². The number of hydrogen-bond acceptors (Lipinski definition) is 4. The normalized spacial score (nSPS) is 14.5. The average Bonchev–Trinajstić information content (AvgIpc) is 2.94. The number of nitrogens with zero attached hydrogens (tertiary/aromatic N) is 4. The van der Waals surface area contributed by atoms with E-state index < -0.39 is 0 Å². The van der Waals surface area contributed by atoms with Gasteiger partial charge < -0.3 is 10.2 Å². The van der Waals surface area contributed by atoms with E-state index in [1.807, 2.05) is 16.5 Å². The Morgan fingerprint density at radius 1 is 1.27 bits per heavy atom. The average molecular weight is 376 g/mol. The summed E-state index contributed by atoms with van der Waals surface area (Å²) < 4.78 is 1.99. The number of likely N-dealkylation sites (tertiary alicyclic amines) is 1. The molecule has 3 rings (SSSR count). The summed E-state index contributed by atoms with van der Waals surface area (Å²) in [6, 6.07) is 1.71. The Kier molecular flexibility index (Phi) is 5.81. The summed E-state index contributed by atoms with van der Waals surface area (Å²) in [5.41, 5.74) is 3.85. The highest BCUT2D eigenvalue weighted by molar-refractivity contribution is 6.33. The van der Waals surface area contributed by atoms with Crippen molar-refractivity contribution in [2.75, 3.05) is 18.4 Å². The van der Waals surface area contributed by atoms with Crippen LogP contribution >= 0.6 is 11.6 Å². The molecule has 7 heteroatoms. The van der Waals surface area contributed by atoms with Crippen LogP contribution in [0, 0.1) is 13.8 Å². The van der Waals surface area contributed by atoms with Gasteiger partial charge in [-0.15, -0.1) is 0 Å². The number of nitrogens with one attached hydrogen (secondary N) is 1. The second-order valence-electron chi connectivity index (χ2n) is 6.73. The van der Waals surface area contributed by atoms with E-state index in [0.717, 1.165) is 49.4 Å². The highest BCUT2D eigenvalue weighted by Crippen LogP contribution is 2.23. The molecule has 26 heavy (non-hydrogen) atoms. The quantitative estimate of drug-likeness (QED) is 0.863. The second kappa shape index (κ2) is 8.08. The minimum Gasteiger partial charge on any atom is -0.365 e. The highest BCUT2D eigenvalue weighted by atomic mass is 35.5. The largest absolute Gasteiger partial charge is 0.365 e. The monoisotopic (exact) mass is 375 g/mol. The van der Waals surface area contributed by atoms with Gasteiger partial charge in [0.05, 0.1) is 16.3 Å². The minimum atomic E-state index is 0.0153. The Hall–Kier alpha value is -2.08. The summed E-state index contributed by atoms with van der Waals surface area (Å²) in [5, 5.41) is 8.26. The molecule has 0 unspecified atom stereocenters. The van der Waals surface area contributed by atoms with Gasteiger partial charge in [-0.2, -0.15) is 5.10 Å². The predicted molar refractivity (Wildman–Crippen MR) is 104 cm³/mol. The number of carbonyl (C=O) groups is 1. The molecule has 6 nitrogen and oxygen atoms in total. The number of aryl methyl sites for hydroxylation is 2. The summed E-state index contributed by atoms with van der Waals surface area (Å²) in [6.45, 7) is 9.23. The first-order valence-corrected chi connectivity index (χ1v) is 9.60. The topological polar surface area (TPSA) is 63.1 Å². The molecule has 0 aromatic carbocycles. The Balaban J connectivity index is 1.70. The van der Waals surface area contributed by atoms with Crippen LogP contribution in [0.3, 0.4) is 0 Å². The highest BCUT2D eigenvalue weighted by Gasteiger charge is 2.19. The van der Waals surface area contributed by atoms with Gasteiger partial charge in [-0.1, -0.05) is 11.6 Å². The van der Waals surface area contributed by atoms with Crippen molar-refractivity contribution >= 4 is 23.3 Å². The number of carbonyl (C=O) groups excluding carboxylic acids is 1. The molecule has 0 atom stereocenters. The van der Waals surface area contributed by atoms with Crippen molar-refractivity contribution in [3.8, 4) is 0 Å². The molecule has 140 valence electrons. The Morgan fingerprint density at radius 2 is 2.00 bits per heavy atom. The number of aromatic nitrogens is 3.